The second-order valence-corrected chi connectivity index (χ2v) is 5.00. The van der Waals surface area contributed by atoms with Gasteiger partial charge in [-0.3, -0.25) is 4.98 Å². The number of aliphatic hydroxyl groups is 1. The van der Waals surface area contributed by atoms with Gasteiger partial charge in [0, 0.05) is 11.6 Å². The minimum atomic E-state index is -0.316. The van der Waals surface area contributed by atoms with Crippen LogP contribution < -0.4 is 0 Å². The highest BCUT2D eigenvalue weighted by Crippen LogP contribution is 2.55. The molecular weight excluding hydrogens is 193 g/mol. The molecule has 0 bridgehead atoms. The van der Waals surface area contributed by atoms with Crippen LogP contribution in [0.3, 0.4) is 0 Å². The molecule has 3 atom stereocenters. The van der Waals surface area contributed by atoms with E-state index in [1.54, 1.807) is 6.07 Å². The molecule has 1 fully saturated rings. The van der Waals surface area contributed by atoms with Gasteiger partial charge < -0.3 is 5.11 Å². The number of aliphatic hydroxyl groups excluding tert-OH is 1. The summed E-state index contributed by atoms with van der Waals surface area (Å²) in [5.74, 6) is 0.0927. The largest absolute Gasteiger partial charge is 0.392 e. The van der Waals surface area contributed by atoms with Crippen LogP contribution in [0.2, 0.25) is 0 Å². The van der Waals surface area contributed by atoms with Gasteiger partial charge in [0.2, 0.25) is 0 Å². The van der Waals surface area contributed by atoms with Gasteiger partial charge in [0.05, 0.1) is 12.3 Å². The SMILES string of the molecule is CC1C(O)C(C)(C)C1c1ccc(F)cn1. The molecule has 82 valence electrons. The summed E-state index contributed by atoms with van der Waals surface area (Å²) in [6.07, 6.45) is 0.942. The Morgan fingerprint density at radius 3 is 2.53 bits per heavy atom. The van der Waals surface area contributed by atoms with E-state index in [1.807, 2.05) is 20.8 Å². The van der Waals surface area contributed by atoms with E-state index in [-0.39, 0.29) is 29.2 Å². The van der Waals surface area contributed by atoms with Crippen molar-refractivity contribution < 1.29 is 9.50 Å². The Balaban J connectivity index is 2.29. The lowest BCUT2D eigenvalue weighted by Gasteiger charge is -2.54. The van der Waals surface area contributed by atoms with Gasteiger partial charge in [-0.1, -0.05) is 20.8 Å². The van der Waals surface area contributed by atoms with Gasteiger partial charge >= 0.3 is 0 Å². The Kier molecular flexibility index (Phi) is 2.30. The lowest BCUT2D eigenvalue weighted by molar-refractivity contribution is -0.117. The normalized spacial score (nSPS) is 33.5. The summed E-state index contributed by atoms with van der Waals surface area (Å²) in [5.41, 5.74) is 0.712. The maximum Gasteiger partial charge on any atom is 0.141 e. The molecule has 1 aromatic heterocycles. The van der Waals surface area contributed by atoms with Gasteiger partial charge in [0.15, 0.2) is 0 Å². The minimum Gasteiger partial charge on any atom is -0.392 e. The molecule has 1 saturated carbocycles. The average molecular weight is 209 g/mol. The van der Waals surface area contributed by atoms with Crippen LogP contribution in [0.5, 0.6) is 0 Å². The highest BCUT2D eigenvalue weighted by Gasteiger charge is 2.54. The van der Waals surface area contributed by atoms with E-state index < -0.39 is 0 Å². The molecule has 1 aromatic rings. The molecule has 0 aromatic carbocycles. The molecule has 0 amide bonds. The van der Waals surface area contributed by atoms with E-state index in [9.17, 15) is 9.50 Å². The van der Waals surface area contributed by atoms with Crippen molar-refractivity contribution in [2.24, 2.45) is 11.3 Å². The van der Waals surface area contributed by atoms with Crippen LogP contribution in [0.1, 0.15) is 32.4 Å². The molecule has 2 rings (SSSR count). The van der Waals surface area contributed by atoms with Gasteiger partial charge in [0.25, 0.3) is 0 Å². The molecule has 3 unspecified atom stereocenters. The van der Waals surface area contributed by atoms with Gasteiger partial charge in [-0.2, -0.15) is 0 Å². The summed E-state index contributed by atoms with van der Waals surface area (Å²) >= 11 is 0. The predicted molar refractivity (Wildman–Crippen MR) is 55.9 cm³/mol. The van der Waals surface area contributed by atoms with E-state index >= 15 is 0 Å². The van der Waals surface area contributed by atoms with Crippen LogP contribution in [0.25, 0.3) is 0 Å². The number of hydrogen-bond acceptors (Lipinski definition) is 2. The van der Waals surface area contributed by atoms with E-state index in [4.69, 9.17) is 0 Å². The zero-order valence-electron chi connectivity index (χ0n) is 9.24. The standard InChI is InChI=1S/C12H16FNO/c1-7-10(12(2,3)11(7)15)9-5-4-8(13)6-14-9/h4-7,10-11,15H,1-3H3. The molecule has 0 spiro atoms. The van der Waals surface area contributed by atoms with Crippen molar-refractivity contribution in [2.75, 3.05) is 0 Å². The monoisotopic (exact) mass is 209 g/mol. The Labute approximate surface area is 89.2 Å². The highest BCUT2D eigenvalue weighted by atomic mass is 19.1. The van der Waals surface area contributed by atoms with Gasteiger partial charge in [-0.05, 0) is 23.5 Å². The predicted octanol–water partition coefficient (Wildman–Crippen LogP) is 2.34. The van der Waals surface area contributed by atoms with Crippen LogP contribution in [0, 0.1) is 17.2 Å². The summed E-state index contributed by atoms with van der Waals surface area (Å²) in [4.78, 5) is 4.09. The summed E-state index contributed by atoms with van der Waals surface area (Å²) in [6, 6.07) is 3.14. The number of rotatable bonds is 1. The van der Waals surface area contributed by atoms with Crippen LogP contribution in [-0.4, -0.2) is 16.2 Å². The fourth-order valence-corrected chi connectivity index (χ4v) is 2.82. The van der Waals surface area contributed by atoms with Crippen molar-refractivity contribution in [2.45, 2.75) is 32.8 Å². The molecule has 1 heterocycles. The summed E-state index contributed by atoms with van der Waals surface area (Å²) in [7, 11) is 0. The average Bonchev–Trinajstić information content (AvgIpc) is 2.20. The first kappa shape index (κ1) is 10.6. The minimum absolute atomic E-state index is 0.162. The Morgan fingerprint density at radius 2 is 2.07 bits per heavy atom. The first-order chi connectivity index (χ1) is 6.94. The van der Waals surface area contributed by atoms with Crippen molar-refractivity contribution in [3.05, 3.63) is 29.8 Å². The number of halogens is 1. The summed E-state index contributed by atoms with van der Waals surface area (Å²) in [6.45, 7) is 6.05. The van der Waals surface area contributed by atoms with Crippen molar-refractivity contribution in [1.29, 1.82) is 0 Å². The molecule has 1 N–H and O–H groups in total. The van der Waals surface area contributed by atoms with E-state index in [0.29, 0.717) is 0 Å². The third-order valence-electron chi connectivity index (χ3n) is 3.66. The van der Waals surface area contributed by atoms with Crippen LogP contribution in [-0.2, 0) is 0 Å². The molecule has 0 aliphatic heterocycles. The molecule has 1 aliphatic carbocycles. The Bertz CT molecular complexity index is 360. The van der Waals surface area contributed by atoms with Gasteiger partial charge in [0.1, 0.15) is 5.82 Å². The lowest BCUT2D eigenvalue weighted by Crippen LogP contribution is -2.54. The maximum atomic E-state index is 12.7. The zero-order valence-corrected chi connectivity index (χ0v) is 9.24. The number of aromatic nitrogens is 1. The first-order valence-electron chi connectivity index (χ1n) is 5.24. The van der Waals surface area contributed by atoms with Gasteiger partial charge in [-0.25, -0.2) is 4.39 Å². The number of pyridine rings is 1. The second-order valence-electron chi connectivity index (χ2n) is 5.00. The van der Waals surface area contributed by atoms with Crippen LogP contribution >= 0.6 is 0 Å². The Hall–Kier alpha value is -0.960. The second kappa shape index (κ2) is 3.27. The number of hydrogen-bond donors (Lipinski definition) is 1. The summed E-state index contributed by atoms with van der Waals surface area (Å²) in [5, 5.41) is 9.83. The lowest BCUT2D eigenvalue weighted by atomic mass is 9.53. The van der Waals surface area contributed by atoms with E-state index in [2.05, 4.69) is 4.98 Å². The molecule has 1 aliphatic rings. The third kappa shape index (κ3) is 1.46. The third-order valence-corrected chi connectivity index (χ3v) is 3.66. The fraction of sp³-hybridized carbons (Fsp3) is 0.583. The van der Waals surface area contributed by atoms with Crippen LogP contribution in [0.15, 0.2) is 18.3 Å². The van der Waals surface area contributed by atoms with Crippen LogP contribution in [0.4, 0.5) is 4.39 Å². The van der Waals surface area contributed by atoms with E-state index in [0.717, 1.165) is 5.69 Å². The maximum absolute atomic E-state index is 12.7. The smallest absolute Gasteiger partial charge is 0.141 e. The number of nitrogens with zero attached hydrogens (tertiary/aromatic N) is 1. The molecule has 0 saturated heterocycles. The van der Waals surface area contributed by atoms with Gasteiger partial charge in [-0.15, -0.1) is 0 Å². The fourth-order valence-electron chi connectivity index (χ4n) is 2.82. The van der Waals surface area contributed by atoms with Crippen molar-refractivity contribution in [3.63, 3.8) is 0 Å². The quantitative estimate of drug-likeness (QED) is 0.770. The molecule has 3 heteroatoms. The topological polar surface area (TPSA) is 33.1 Å². The van der Waals surface area contributed by atoms with Crippen molar-refractivity contribution in [3.8, 4) is 0 Å². The molecule has 2 nitrogen and oxygen atoms in total. The summed E-state index contributed by atoms with van der Waals surface area (Å²) < 4.78 is 12.7. The van der Waals surface area contributed by atoms with E-state index in [1.165, 1.54) is 12.3 Å². The first-order valence-corrected chi connectivity index (χ1v) is 5.24. The zero-order chi connectivity index (χ0) is 11.2. The molecule has 0 radical (unpaired) electrons. The molecule has 15 heavy (non-hydrogen) atoms. The highest BCUT2D eigenvalue weighted by molar-refractivity contribution is 5.22. The van der Waals surface area contributed by atoms with Crippen molar-refractivity contribution in [1.82, 2.24) is 4.98 Å². The molecular formula is C12H16FNO. The van der Waals surface area contributed by atoms with Crippen molar-refractivity contribution >= 4 is 0 Å². The Morgan fingerprint density at radius 1 is 1.40 bits per heavy atom.